The first-order valence-corrected chi connectivity index (χ1v) is 9.01. The summed E-state index contributed by atoms with van der Waals surface area (Å²) < 4.78 is 24.1. The van der Waals surface area contributed by atoms with Crippen molar-refractivity contribution in [2.75, 3.05) is 18.8 Å². The molecule has 0 bridgehead atoms. The lowest BCUT2D eigenvalue weighted by Gasteiger charge is -2.23. The van der Waals surface area contributed by atoms with Gasteiger partial charge in [0.15, 0.2) is 9.84 Å². The first kappa shape index (κ1) is 17.7. The van der Waals surface area contributed by atoms with Gasteiger partial charge in [0.25, 0.3) is 0 Å². The molecule has 118 valence electrons. The number of amides is 1. The molecule has 0 spiro atoms. The van der Waals surface area contributed by atoms with Crippen LogP contribution in [-0.2, 0) is 14.6 Å². The number of hydrogen-bond acceptors (Lipinski definition) is 4. The molecule has 0 aromatic rings. The molecule has 2 aliphatic rings. The highest BCUT2D eigenvalue weighted by Crippen LogP contribution is 2.25. The van der Waals surface area contributed by atoms with E-state index < -0.39 is 9.84 Å². The number of halogens is 1. The third kappa shape index (κ3) is 5.22. The maximum atomic E-state index is 12.0. The summed E-state index contributed by atoms with van der Waals surface area (Å²) in [7, 11) is -3.07. The Bertz CT molecular complexity index is 402. The van der Waals surface area contributed by atoms with Gasteiger partial charge in [0, 0.05) is 19.0 Å². The van der Waals surface area contributed by atoms with Gasteiger partial charge in [-0.15, -0.1) is 12.4 Å². The summed E-state index contributed by atoms with van der Waals surface area (Å²) >= 11 is 0. The first-order chi connectivity index (χ1) is 9.08. The minimum absolute atomic E-state index is 0. The zero-order chi connectivity index (χ0) is 13.7. The van der Waals surface area contributed by atoms with Crippen molar-refractivity contribution in [3.05, 3.63) is 0 Å². The monoisotopic (exact) mass is 324 g/mol. The highest BCUT2D eigenvalue weighted by atomic mass is 35.5. The van der Waals surface area contributed by atoms with Gasteiger partial charge < -0.3 is 10.6 Å². The van der Waals surface area contributed by atoms with Crippen LogP contribution in [0.3, 0.4) is 0 Å². The lowest BCUT2D eigenvalue weighted by Crippen LogP contribution is -2.46. The summed E-state index contributed by atoms with van der Waals surface area (Å²) in [6.07, 6.45) is 5.70. The molecule has 0 aromatic heterocycles. The predicted molar refractivity (Wildman–Crippen MR) is 81.9 cm³/mol. The Labute approximate surface area is 127 Å². The summed E-state index contributed by atoms with van der Waals surface area (Å²) in [6, 6.07) is 0.162. The van der Waals surface area contributed by atoms with Crippen molar-refractivity contribution in [2.45, 2.75) is 56.2 Å². The zero-order valence-corrected chi connectivity index (χ0v) is 13.4. The first-order valence-electron chi connectivity index (χ1n) is 7.29. The lowest BCUT2D eigenvalue weighted by molar-refractivity contribution is -0.121. The van der Waals surface area contributed by atoms with Crippen molar-refractivity contribution >= 4 is 28.2 Å². The van der Waals surface area contributed by atoms with E-state index in [1.54, 1.807) is 0 Å². The van der Waals surface area contributed by atoms with Crippen LogP contribution in [0.5, 0.6) is 0 Å². The molecule has 1 saturated carbocycles. The highest BCUT2D eigenvalue weighted by Gasteiger charge is 2.29. The van der Waals surface area contributed by atoms with Crippen LogP contribution in [0, 0.1) is 0 Å². The molecule has 1 saturated heterocycles. The largest absolute Gasteiger partial charge is 0.352 e. The summed E-state index contributed by atoms with van der Waals surface area (Å²) in [5.74, 6) is -0.126. The Kier molecular flexibility index (Phi) is 7.26. The minimum atomic E-state index is -3.07. The van der Waals surface area contributed by atoms with Gasteiger partial charge in [-0.1, -0.05) is 12.8 Å². The number of carbonyl (C=O) groups excluding carboxylic acids is 1. The molecule has 1 amide bonds. The van der Waals surface area contributed by atoms with Crippen molar-refractivity contribution in [1.29, 1.82) is 0 Å². The molecule has 0 aromatic carbocycles. The third-order valence-corrected chi connectivity index (χ3v) is 6.35. The Morgan fingerprint density at radius 1 is 1.15 bits per heavy atom. The molecule has 2 N–H and O–H groups in total. The summed E-state index contributed by atoms with van der Waals surface area (Å²) in [6.45, 7) is 1.80. The van der Waals surface area contributed by atoms with Crippen molar-refractivity contribution < 1.29 is 13.2 Å². The second kappa shape index (κ2) is 8.20. The molecule has 1 unspecified atom stereocenters. The van der Waals surface area contributed by atoms with E-state index in [4.69, 9.17) is 0 Å². The van der Waals surface area contributed by atoms with Gasteiger partial charge >= 0.3 is 0 Å². The predicted octanol–water partition coefficient (Wildman–Crippen LogP) is 1.02. The van der Waals surface area contributed by atoms with Crippen LogP contribution in [-0.4, -0.2) is 44.5 Å². The fraction of sp³-hybridized carbons (Fsp3) is 0.923. The van der Waals surface area contributed by atoms with Crippen molar-refractivity contribution in [3.63, 3.8) is 0 Å². The normalized spacial score (nSPS) is 24.1. The van der Waals surface area contributed by atoms with E-state index in [-0.39, 0.29) is 41.8 Å². The second-order valence-corrected chi connectivity index (χ2v) is 8.03. The van der Waals surface area contributed by atoms with Gasteiger partial charge in [0.1, 0.15) is 0 Å². The Morgan fingerprint density at radius 3 is 2.45 bits per heavy atom. The van der Waals surface area contributed by atoms with Gasteiger partial charge in [-0.25, -0.2) is 8.42 Å². The molecule has 0 radical (unpaired) electrons. The Hall–Kier alpha value is -0.330. The highest BCUT2D eigenvalue weighted by molar-refractivity contribution is 7.92. The molecule has 1 aliphatic heterocycles. The van der Waals surface area contributed by atoms with E-state index in [0.29, 0.717) is 0 Å². The number of nitrogens with one attached hydrogen (secondary N) is 2. The number of rotatable bonds is 5. The molecule has 20 heavy (non-hydrogen) atoms. The van der Waals surface area contributed by atoms with Crippen LogP contribution in [0.15, 0.2) is 0 Å². The Balaban J connectivity index is 0.00000200. The lowest BCUT2D eigenvalue weighted by atomic mass is 10.1. The second-order valence-electron chi connectivity index (χ2n) is 5.63. The zero-order valence-electron chi connectivity index (χ0n) is 11.8. The van der Waals surface area contributed by atoms with Crippen molar-refractivity contribution in [3.8, 4) is 0 Å². The number of sulfone groups is 1. The average Bonchev–Trinajstić information content (AvgIpc) is 2.92. The molecule has 2 fully saturated rings. The quantitative estimate of drug-likeness (QED) is 0.792. The number of hydrogen-bond donors (Lipinski definition) is 2. The topological polar surface area (TPSA) is 75.3 Å². The maximum absolute atomic E-state index is 12.0. The van der Waals surface area contributed by atoms with Crippen LogP contribution in [0.1, 0.15) is 44.9 Å². The van der Waals surface area contributed by atoms with Gasteiger partial charge in [-0.05, 0) is 32.2 Å². The van der Waals surface area contributed by atoms with Crippen molar-refractivity contribution in [1.82, 2.24) is 10.6 Å². The summed E-state index contributed by atoms with van der Waals surface area (Å²) in [5, 5.41) is 5.94. The van der Waals surface area contributed by atoms with Gasteiger partial charge in [-0.3, -0.25) is 4.79 Å². The van der Waals surface area contributed by atoms with Gasteiger partial charge in [0.2, 0.25) is 5.91 Å². The van der Waals surface area contributed by atoms with Crippen molar-refractivity contribution in [2.24, 2.45) is 0 Å². The fourth-order valence-electron chi connectivity index (χ4n) is 2.92. The maximum Gasteiger partial charge on any atom is 0.221 e. The summed E-state index contributed by atoms with van der Waals surface area (Å²) in [4.78, 5) is 11.8. The third-order valence-electron chi connectivity index (χ3n) is 4.09. The molecule has 1 heterocycles. The van der Waals surface area contributed by atoms with Gasteiger partial charge in [-0.2, -0.15) is 0 Å². The minimum Gasteiger partial charge on any atom is -0.352 e. The molecular weight excluding hydrogens is 300 g/mol. The van der Waals surface area contributed by atoms with Crippen LogP contribution in [0.2, 0.25) is 0 Å². The smallest absolute Gasteiger partial charge is 0.221 e. The van der Waals surface area contributed by atoms with Crippen LogP contribution in [0.25, 0.3) is 0 Å². The van der Waals surface area contributed by atoms with E-state index in [2.05, 4.69) is 10.6 Å². The number of carbonyl (C=O) groups is 1. The van der Waals surface area contributed by atoms with Gasteiger partial charge in [0.05, 0.1) is 11.0 Å². The molecule has 1 aliphatic carbocycles. The van der Waals surface area contributed by atoms with E-state index >= 15 is 0 Å². The van der Waals surface area contributed by atoms with Crippen LogP contribution >= 0.6 is 12.4 Å². The fourth-order valence-corrected chi connectivity index (χ4v) is 4.78. The molecular formula is C13H25ClN2O3S. The van der Waals surface area contributed by atoms with E-state index in [1.807, 2.05) is 0 Å². The van der Waals surface area contributed by atoms with Crippen LogP contribution in [0.4, 0.5) is 0 Å². The van der Waals surface area contributed by atoms with E-state index in [0.717, 1.165) is 51.6 Å². The number of piperidine rings is 1. The summed E-state index contributed by atoms with van der Waals surface area (Å²) in [5.41, 5.74) is 0. The molecule has 7 heteroatoms. The van der Waals surface area contributed by atoms with E-state index in [1.165, 1.54) is 0 Å². The SMILES string of the molecule is Cl.O=C(CCS(=O)(=O)C1CCCC1)NC1CCCNC1. The molecule has 2 rings (SSSR count). The van der Waals surface area contributed by atoms with E-state index in [9.17, 15) is 13.2 Å². The molecule has 5 nitrogen and oxygen atoms in total. The van der Waals surface area contributed by atoms with Crippen LogP contribution < -0.4 is 10.6 Å². The molecule has 1 atom stereocenters. The Morgan fingerprint density at radius 2 is 1.85 bits per heavy atom. The average molecular weight is 325 g/mol. The standard InChI is InChI=1S/C13H24N2O3S.ClH/c16-13(15-11-4-3-8-14-10-11)7-9-19(17,18)12-5-1-2-6-12;/h11-12,14H,1-10H2,(H,15,16);1H.